The lowest BCUT2D eigenvalue weighted by Crippen LogP contribution is -2.52. The van der Waals surface area contributed by atoms with Gasteiger partial charge in [0.15, 0.2) is 0 Å². The molecule has 9 heteroatoms. The Morgan fingerprint density at radius 2 is 1.58 bits per heavy atom. The van der Waals surface area contributed by atoms with E-state index in [0.29, 0.717) is 12.2 Å². The number of thioether (sulfide) groups is 1. The van der Waals surface area contributed by atoms with Crippen molar-refractivity contribution in [2.75, 3.05) is 11.5 Å². The van der Waals surface area contributed by atoms with Crippen LogP contribution in [0.3, 0.4) is 0 Å². The number of carbonyl (C=O) groups excluding carboxylic acids is 1. The Morgan fingerprint density at radius 3 is 1.96 bits per heavy atom. The first-order chi connectivity index (χ1) is 11.3. The van der Waals surface area contributed by atoms with Crippen molar-refractivity contribution in [3.05, 3.63) is 0 Å². The average molecular weight is 412 g/mol. The van der Waals surface area contributed by atoms with Crippen LogP contribution in [0, 0.1) is 11.3 Å². The molecule has 0 spiro atoms. The van der Waals surface area contributed by atoms with Gasteiger partial charge in [-0.3, -0.25) is 14.1 Å². The number of carboxylic acids is 1. The summed E-state index contributed by atoms with van der Waals surface area (Å²) in [7, 11) is -4.22. The zero-order valence-corrected chi connectivity index (χ0v) is 18.4. The van der Waals surface area contributed by atoms with E-state index >= 15 is 0 Å². The van der Waals surface area contributed by atoms with Gasteiger partial charge in [-0.05, 0) is 25.7 Å². The first-order valence-electron chi connectivity index (χ1n) is 8.48. The van der Waals surface area contributed by atoms with Crippen LogP contribution >= 0.6 is 11.8 Å². The van der Waals surface area contributed by atoms with Crippen LogP contribution in [0.2, 0.25) is 0 Å². The molecule has 26 heavy (non-hydrogen) atoms. The highest BCUT2D eigenvalue weighted by Gasteiger charge is 2.39. The topological polar surface area (TPSA) is 121 Å². The molecule has 0 radical (unpaired) electrons. The summed E-state index contributed by atoms with van der Waals surface area (Å²) in [6.07, 6.45) is 0.566. The van der Waals surface area contributed by atoms with E-state index in [-0.39, 0.29) is 22.5 Å². The largest absolute Gasteiger partial charge is 0.481 e. The van der Waals surface area contributed by atoms with Gasteiger partial charge in [-0.25, -0.2) is 0 Å². The molecule has 0 heterocycles. The van der Waals surface area contributed by atoms with Crippen molar-refractivity contribution in [3.8, 4) is 0 Å². The van der Waals surface area contributed by atoms with Crippen LogP contribution in [0.25, 0.3) is 0 Å². The summed E-state index contributed by atoms with van der Waals surface area (Å²) in [6, 6.07) is 0. The second-order valence-electron chi connectivity index (χ2n) is 8.97. The zero-order chi connectivity index (χ0) is 21.0. The van der Waals surface area contributed by atoms with Gasteiger partial charge in [-0.15, -0.1) is 0 Å². The molecule has 0 aromatic rings. The minimum Gasteiger partial charge on any atom is -0.481 e. The Labute approximate surface area is 161 Å². The third-order valence-corrected chi connectivity index (χ3v) is 6.31. The van der Waals surface area contributed by atoms with Crippen LogP contribution in [-0.2, 0) is 19.7 Å². The molecular formula is C17H33NO6S2. The number of aliphatic carboxylic acids is 1. The third kappa shape index (κ3) is 11.0. The van der Waals surface area contributed by atoms with E-state index in [1.54, 1.807) is 13.8 Å². The number of amides is 1. The van der Waals surface area contributed by atoms with Crippen LogP contribution in [0.4, 0.5) is 0 Å². The molecule has 1 unspecified atom stereocenters. The van der Waals surface area contributed by atoms with E-state index < -0.39 is 33.3 Å². The summed E-state index contributed by atoms with van der Waals surface area (Å²) in [5.74, 6) is -1.66. The molecule has 0 bridgehead atoms. The Morgan fingerprint density at radius 1 is 1.08 bits per heavy atom. The number of hydrogen-bond donors (Lipinski definition) is 3. The highest BCUT2D eigenvalue weighted by atomic mass is 32.2. The van der Waals surface area contributed by atoms with E-state index in [0.717, 1.165) is 0 Å². The van der Waals surface area contributed by atoms with Gasteiger partial charge in [0.05, 0.1) is 17.7 Å². The maximum atomic E-state index is 12.9. The predicted octanol–water partition coefficient (Wildman–Crippen LogP) is 2.81. The number of carbonyl (C=O) groups is 2. The summed E-state index contributed by atoms with van der Waals surface area (Å²) >= 11 is 1.50. The fourth-order valence-electron chi connectivity index (χ4n) is 2.67. The van der Waals surface area contributed by atoms with Gasteiger partial charge in [0.2, 0.25) is 5.91 Å². The summed E-state index contributed by atoms with van der Waals surface area (Å²) in [6.45, 7) is 12.8. The van der Waals surface area contributed by atoms with Gasteiger partial charge in [0, 0.05) is 16.4 Å². The van der Waals surface area contributed by atoms with Crippen molar-refractivity contribution in [1.29, 1.82) is 0 Å². The average Bonchev–Trinajstić information content (AvgIpc) is 2.29. The number of rotatable bonds is 10. The van der Waals surface area contributed by atoms with Crippen molar-refractivity contribution in [1.82, 2.24) is 5.32 Å². The Kier molecular flexibility index (Phi) is 8.65. The monoisotopic (exact) mass is 411 g/mol. The number of nitrogens with one attached hydrogen (secondary N) is 1. The van der Waals surface area contributed by atoms with Crippen LogP contribution in [0.15, 0.2) is 0 Å². The first kappa shape index (κ1) is 25.2. The summed E-state index contributed by atoms with van der Waals surface area (Å²) < 4.78 is 31.0. The number of carboxylic acid groups (broad SMARTS) is 1. The third-order valence-electron chi connectivity index (χ3n) is 3.87. The standard InChI is InChI=1S/C17H33NO6S2/c1-15(2,3)12(10-17(6,7)25-9-8-13(19)20)14(21)18-16(4,5)11-26(22,23)24/h12H,8-11H2,1-7H3,(H,18,21)(H,19,20)(H,22,23,24). The van der Waals surface area contributed by atoms with Crippen LogP contribution < -0.4 is 5.32 Å². The highest BCUT2D eigenvalue weighted by molar-refractivity contribution is 8.00. The van der Waals surface area contributed by atoms with Crippen LogP contribution in [-0.4, -0.2) is 51.7 Å². The highest BCUT2D eigenvalue weighted by Crippen LogP contribution is 2.39. The second-order valence-corrected chi connectivity index (χ2v) is 12.2. The maximum Gasteiger partial charge on any atom is 0.304 e. The van der Waals surface area contributed by atoms with Crippen molar-refractivity contribution in [2.45, 2.75) is 71.6 Å². The van der Waals surface area contributed by atoms with Gasteiger partial charge in [0.1, 0.15) is 0 Å². The van der Waals surface area contributed by atoms with Crippen molar-refractivity contribution < 1.29 is 27.7 Å². The molecule has 0 saturated heterocycles. The molecule has 0 aromatic heterocycles. The normalized spacial score (nSPS) is 14.8. The van der Waals surface area contributed by atoms with Crippen molar-refractivity contribution in [2.24, 2.45) is 11.3 Å². The Bertz CT molecular complexity index is 605. The molecule has 0 rings (SSSR count). The number of hydrogen-bond acceptors (Lipinski definition) is 5. The Hall–Kier alpha value is -0.800. The molecule has 154 valence electrons. The van der Waals surface area contributed by atoms with E-state index in [2.05, 4.69) is 5.32 Å². The first-order valence-corrected chi connectivity index (χ1v) is 11.1. The fraction of sp³-hybridized carbons (Fsp3) is 0.882. The van der Waals surface area contributed by atoms with Crippen LogP contribution in [0.5, 0.6) is 0 Å². The smallest absolute Gasteiger partial charge is 0.304 e. The molecule has 0 aliphatic carbocycles. The Balaban J connectivity index is 5.21. The minimum absolute atomic E-state index is 0.0574. The van der Waals surface area contributed by atoms with E-state index in [4.69, 9.17) is 9.66 Å². The van der Waals surface area contributed by atoms with Gasteiger partial charge >= 0.3 is 5.97 Å². The fourth-order valence-corrected chi connectivity index (χ4v) is 4.77. The summed E-state index contributed by atoms with van der Waals surface area (Å²) in [4.78, 5) is 23.6. The zero-order valence-electron chi connectivity index (χ0n) is 16.7. The molecule has 0 fully saturated rings. The molecule has 1 amide bonds. The van der Waals surface area contributed by atoms with Crippen molar-refractivity contribution >= 4 is 33.8 Å². The van der Waals surface area contributed by atoms with E-state index in [1.807, 2.05) is 34.6 Å². The van der Waals surface area contributed by atoms with Gasteiger partial charge in [-0.2, -0.15) is 20.2 Å². The SMILES string of the molecule is CC(C)(CS(=O)(=O)O)NC(=O)C(CC(C)(C)SCCC(=O)O)C(C)(C)C. The molecule has 7 nitrogen and oxygen atoms in total. The quantitative estimate of drug-likeness (QED) is 0.473. The van der Waals surface area contributed by atoms with Gasteiger partial charge in [-0.1, -0.05) is 34.6 Å². The maximum absolute atomic E-state index is 12.9. The summed E-state index contributed by atoms with van der Waals surface area (Å²) in [5.41, 5.74) is -1.47. The lowest BCUT2D eigenvalue weighted by Gasteiger charge is -2.38. The van der Waals surface area contributed by atoms with Gasteiger partial charge < -0.3 is 10.4 Å². The lowest BCUT2D eigenvalue weighted by molar-refractivity contribution is -0.136. The lowest BCUT2D eigenvalue weighted by atomic mass is 9.75. The van der Waals surface area contributed by atoms with E-state index in [1.165, 1.54) is 11.8 Å². The van der Waals surface area contributed by atoms with Crippen molar-refractivity contribution in [3.63, 3.8) is 0 Å². The van der Waals surface area contributed by atoms with Crippen LogP contribution in [0.1, 0.15) is 61.3 Å². The minimum atomic E-state index is -4.22. The predicted molar refractivity (Wildman–Crippen MR) is 105 cm³/mol. The summed E-state index contributed by atoms with van der Waals surface area (Å²) in [5, 5.41) is 11.5. The van der Waals surface area contributed by atoms with Gasteiger partial charge in [0.25, 0.3) is 10.1 Å². The molecule has 1 atom stereocenters. The molecule has 3 N–H and O–H groups in total. The second kappa shape index (κ2) is 8.93. The molecular weight excluding hydrogens is 378 g/mol. The molecule has 0 aromatic carbocycles. The molecule has 0 aliphatic rings. The molecule has 0 saturated carbocycles. The molecule has 0 aliphatic heterocycles. The van der Waals surface area contributed by atoms with E-state index in [9.17, 15) is 18.0 Å².